The highest BCUT2D eigenvalue weighted by Gasteiger charge is 2.39. The molecule has 2 unspecified atom stereocenters. The molecular formula is C13H17Br2NO2S. The summed E-state index contributed by atoms with van der Waals surface area (Å²) in [4.78, 5) is 0.298. The van der Waals surface area contributed by atoms with Crippen LogP contribution in [0.4, 0.5) is 0 Å². The van der Waals surface area contributed by atoms with Crippen LogP contribution in [0.25, 0.3) is 0 Å². The molecule has 0 spiro atoms. The maximum Gasteiger partial charge on any atom is 0.241 e. The Hall–Kier alpha value is 0.0900. The Morgan fingerprint density at radius 3 is 2.63 bits per heavy atom. The Bertz CT molecular complexity index is 587. The Balaban J connectivity index is 2.19. The third-order valence-electron chi connectivity index (χ3n) is 3.39. The minimum atomic E-state index is -3.45. The van der Waals surface area contributed by atoms with Gasteiger partial charge in [-0.15, -0.1) is 0 Å². The third kappa shape index (κ3) is 3.60. The lowest BCUT2D eigenvalue weighted by Gasteiger charge is -2.10. The first kappa shape index (κ1) is 15.5. The van der Waals surface area contributed by atoms with E-state index >= 15 is 0 Å². The van der Waals surface area contributed by atoms with Gasteiger partial charge < -0.3 is 0 Å². The molecule has 0 heterocycles. The Labute approximate surface area is 131 Å². The van der Waals surface area contributed by atoms with Gasteiger partial charge in [0.15, 0.2) is 0 Å². The number of hydrogen-bond acceptors (Lipinski definition) is 2. The van der Waals surface area contributed by atoms with Gasteiger partial charge in [0, 0.05) is 15.0 Å². The van der Waals surface area contributed by atoms with Gasteiger partial charge in [-0.3, -0.25) is 0 Å². The fourth-order valence-electron chi connectivity index (χ4n) is 2.18. The molecule has 0 aliphatic heterocycles. The lowest BCUT2D eigenvalue weighted by Crippen LogP contribution is -2.27. The van der Waals surface area contributed by atoms with E-state index in [1.54, 1.807) is 6.07 Å². The zero-order valence-electron chi connectivity index (χ0n) is 10.9. The molecule has 106 valence electrons. The molecule has 1 fully saturated rings. The second-order valence-electron chi connectivity index (χ2n) is 5.04. The number of rotatable bonds is 5. The monoisotopic (exact) mass is 409 g/mol. The molecule has 19 heavy (non-hydrogen) atoms. The van der Waals surface area contributed by atoms with Gasteiger partial charge in [-0.25, -0.2) is 13.1 Å². The van der Waals surface area contributed by atoms with Crippen molar-refractivity contribution in [2.24, 2.45) is 5.92 Å². The highest BCUT2D eigenvalue weighted by molar-refractivity contribution is 9.11. The zero-order chi connectivity index (χ0) is 14.2. The van der Waals surface area contributed by atoms with E-state index in [2.05, 4.69) is 43.5 Å². The van der Waals surface area contributed by atoms with Gasteiger partial charge in [0.2, 0.25) is 10.0 Å². The summed E-state index contributed by atoms with van der Waals surface area (Å²) in [5.74, 6) is 0.507. The van der Waals surface area contributed by atoms with Crippen LogP contribution in [0.1, 0.15) is 31.7 Å². The summed E-state index contributed by atoms with van der Waals surface area (Å²) < 4.78 is 28.9. The van der Waals surface area contributed by atoms with Crippen molar-refractivity contribution in [3.05, 3.63) is 26.6 Å². The van der Waals surface area contributed by atoms with E-state index in [1.807, 2.05) is 13.0 Å². The average Bonchev–Trinajstić information content (AvgIpc) is 3.01. The van der Waals surface area contributed by atoms with Crippen LogP contribution in [0.2, 0.25) is 0 Å². The number of benzene rings is 1. The first-order chi connectivity index (χ1) is 8.85. The van der Waals surface area contributed by atoms with Gasteiger partial charge in [-0.05, 0) is 59.3 Å². The van der Waals surface area contributed by atoms with Crippen molar-refractivity contribution in [2.75, 3.05) is 0 Å². The minimum absolute atomic E-state index is 0.108. The number of nitrogens with one attached hydrogen (secondary N) is 1. The molecule has 0 aromatic heterocycles. The predicted molar refractivity (Wildman–Crippen MR) is 83.7 cm³/mol. The van der Waals surface area contributed by atoms with E-state index in [1.165, 1.54) is 0 Å². The molecule has 1 aromatic carbocycles. The summed E-state index contributed by atoms with van der Waals surface area (Å²) in [5, 5.41) is 0. The lowest BCUT2D eigenvalue weighted by atomic mass is 10.2. The topological polar surface area (TPSA) is 46.2 Å². The van der Waals surface area contributed by atoms with Gasteiger partial charge in [0.05, 0.1) is 4.90 Å². The second kappa shape index (κ2) is 5.84. The molecule has 1 aliphatic carbocycles. The summed E-state index contributed by atoms with van der Waals surface area (Å²) >= 11 is 6.71. The number of halogens is 2. The molecule has 3 nitrogen and oxygen atoms in total. The molecule has 1 aliphatic rings. The van der Waals surface area contributed by atoms with Crippen LogP contribution >= 0.6 is 31.9 Å². The van der Waals surface area contributed by atoms with Crippen LogP contribution in [0, 0.1) is 12.8 Å². The average molecular weight is 411 g/mol. The van der Waals surface area contributed by atoms with Crippen molar-refractivity contribution in [3.63, 3.8) is 0 Å². The van der Waals surface area contributed by atoms with Gasteiger partial charge in [-0.2, -0.15) is 0 Å². The molecule has 0 saturated heterocycles. The molecule has 1 N–H and O–H groups in total. The largest absolute Gasteiger partial charge is 0.241 e. The number of hydrogen-bond donors (Lipinski definition) is 1. The van der Waals surface area contributed by atoms with E-state index < -0.39 is 10.0 Å². The van der Waals surface area contributed by atoms with Crippen molar-refractivity contribution in [2.45, 2.75) is 44.0 Å². The van der Waals surface area contributed by atoms with Crippen molar-refractivity contribution in [1.29, 1.82) is 0 Å². The van der Waals surface area contributed by atoms with Gasteiger partial charge >= 0.3 is 0 Å². The molecule has 0 amide bonds. The van der Waals surface area contributed by atoms with E-state index in [9.17, 15) is 8.42 Å². The smallest absolute Gasteiger partial charge is 0.208 e. The SMILES string of the molecule is CCCC1CC1NS(=O)(=O)c1cc(Br)c(C)cc1Br. The summed E-state index contributed by atoms with van der Waals surface area (Å²) in [6.07, 6.45) is 3.15. The van der Waals surface area contributed by atoms with Crippen LogP contribution in [-0.4, -0.2) is 14.5 Å². The molecule has 1 aromatic rings. The molecule has 2 rings (SSSR count). The summed E-state index contributed by atoms with van der Waals surface area (Å²) in [5.41, 5.74) is 1.00. The Morgan fingerprint density at radius 2 is 2.00 bits per heavy atom. The van der Waals surface area contributed by atoms with Gasteiger partial charge in [-0.1, -0.05) is 29.3 Å². The van der Waals surface area contributed by atoms with Crippen LogP contribution in [0.5, 0.6) is 0 Å². The summed E-state index contributed by atoms with van der Waals surface area (Å²) in [6, 6.07) is 3.57. The summed E-state index contributed by atoms with van der Waals surface area (Å²) in [6.45, 7) is 4.05. The molecule has 6 heteroatoms. The number of sulfonamides is 1. The van der Waals surface area contributed by atoms with Crippen LogP contribution in [0.3, 0.4) is 0 Å². The van der Waals surface area contributed by atoms with Crippen LogP contribution in [0.15, 0.2) is 26.0 Å². The third-order valence-corrected chi connectivity index (χ3v) is 6.69. The standard InChI is InChI=1S/C13H17Br2NO2S/c1-3-4-9-6-12(9)16-19(17,18)13-7-10(14)8(2)5-11(13)15/h5,7,9,12,16H,3-4,6H2,1-2H3. The Morgan fingerprint density at radius 1 is 1.32 bits per heavy atom. The number of aryl methyl sites for hydroxylation is 1. The second-order valence-corrected chi connectivity index (χ2v) is 8.44. The molecule has 2 atom stereocenters. The first-order valence-electron chi connectivity index (χ1n) is 6.33. The molecule has 1 saturated carbocycles. The fraction of sp³-hybridized carbons (Fsp3) is 0.538. The van der Waals surface area contributed by atoms with Gasteiger partial charge in [0.1, 0.15) is 0 Å². The fourth-order valence-corrected chi connectivity index (χ4v) is 5.17. The first-order valence-corrected chi connectivity index (χ1v) is 9.40. The van der Waals surface area contributed by atoms with Crippen molar-refractivity contribution >= 4 is 41.9 Å². The molecule has 0 radical (unpaired) electrons. The molecular weight excluding hydrogens is 394 g/mol. The lowest BCUT2D eigenvalue weighted by molar-refractivity contribution is 0.572. The maximum atomic E-state index is 12.4. The van der Waals surface area contributed by atoms with Crippen molar-refractivity contribution < 1.29 is 8.42 Å². The Kier molecular flexibility index (Phi) is 4.75. The van der Waals surface area contributed by atoms with Gasteiger partial charge in [0.25, 0.3) is 0 Å². The van der Waals surface area contributed by atoms with Crippen molar-refractivity contribution in [3.8, 4) is 0 Å². The van der Waals surface area contributed by atoms with Crippen molar-refractivity contribution in [1.82, 2.24) is 4.72 Å². The summed E-state index contributed by atoms with van der Waals surface area (Å²) in [7, 11) is -3.45. The normalized spacial score (nSPS) is 22.5. The quantitative estimate of drug-likeness (QED) is 0.797. The minimum Gasteiger partial charge on any atom is -0.208 e. The highest BCUT2D eigenvalue weighted by Crippen LogP contribution is 2.37. The van der Waals surface area contributed by atoms with E-state index in [4.69, 9.17) is 0 Å². The predicted octanol–water partition coefficient (Wildman–Crippen LogP) is 3.99. The van der Waals surface area contributed by atoms with Crippen LogP contribution < -0.4 is 4.72 Å². The van der Waals surface area contributed by atoms with E-state index in [0.29, 0.717) is 15.3 Å². The zero-order valence-corrected chi connectivity index (χ0v) is 14.9. The van der Waals surface area contributed by atoms with Crippen LogP contribution in [-0.2, 0) is 10.0 Å². The van der Waals surface area contributed by atoms with E-state index in [-0.39, 0.29) is 6.04 Å². The highest BCUT2D eigenvalue weighted by atomic mass is 79.9. The maximum absolute atomic E-state index is 12.4. The molecule has 0 bridgehead atoms. The van der Waals surface area contributed by atoms with E-state index in [0.717, 1.165) is 29.3 Å².